The van der Waals surface area contributed by atoms with Gasteiger partial charge in [-0.2, -0.15) is 0 Å². The number of nitrogens with zero attached hydrogens (tertiary/aromatic N) is 1. The zero-order valence-corrected chi connectivity index (χ0v) is 17.1. The molecule has 1 aliphatic rings. The summed E-state index contributed by atoms with van der Waals surface area (Å²) in [4.78, 5) is 14.5. The van der Waals surface area contributed by atoms with Crippen LogP contribution in [0.5, 0.6) is 0 Å². The number of halogens is 1. The summed E-state index contributed by atoms with van der Waals surface area (Å²) in [5.41, 5.74) is 7.07. The van der Waals surface area contributed by atoms with Gasteiger partial charge in [-0.3, -0.25) is 10.2 Å². The zero-order chi connectivity index (χ0) is 18.9. The quantitative estimate of drug-likeness (QED) is 0.604. The van der Waals surface area contributed by atoms with Gasteiger partial charge in [0.25, 0.3) is 0 Å². The number of nitrogens with two attached hydrogens (primary N) is 1. The Morgan fingerprint density at radius 1 is 1.20 bits per heavy atom. The van der Waals surface area contributed by atoms with Crippen LogP contribution < -0.4 is 16.0 Å². The molecule has 0 saturated carbocycles. The van der Waals surface area contributed by atoms with E-state index in [2.05, 4.69) is 40.6 Å². The van der Waals surface area contributed by atoms with Crippen molar-refractivity contribution in [1.29, 1.82) is 0 Å². The number of primary sulfonamides is 1. The van der Waals surface area contributed by atoms with Crippen LogP contribution in [0.25, 0.3) is 0 Å². The van der Waals surface area contributed by atoms with Crippen LogP contribution in [-0.4, -0.2) is 43.2 Å². The molecule has 25 heavy (non-hydrogen) atoms. The molecule has 1 aromatic rings. The molecular weight excluding hydrogens is 408 g/mol. The van der Waals surface area contributed by atoms with Crippen LogP contribution in [0.3, 0.4) is 0 Å². The van der Waals surface area contributed by atoms with Crippen LogP contribution in [-0.2, 0) is 14.8 Å². The Morgan fingerprint density at radius 3 is 2.20 bits per heavy atom. The lowest BCUT2D eigenvalue weighted by Crippen LogP contribution is -2.47. The summed E-state index contributed by atoms with van der Waals surface area (Å²) in [6, 6.07) is 5.85. The van der Waals surface area contributed by atoms with Gasteiger partial charge < -0.3 is 4.90 Å². The second kappa shape index (κ2) is 7.71. The van der Waals surface area contributed by atoms with E-state index in [1.165, 1.54) is 12.1 Å². The number of amides is 1. The van der Waals surface area contributed by atoms with Crippen molar-refractivity contribution in [3.8, 4) is 0 Å². The van der Waals surface area contributed by atoms with E-state index in [-0.39, 0.29) is 33.8 Å². The van der Waals surface area contributed by atoms with Gasteiger partial charge in [-0.15, -0.1) is 0 Å². The first-order valence-corrected chi connectivity index (χ1v) is 10.5. The van der Waals surface area contributed by atoms with Crippen LogP contribution in [0.15, 0.2) is 29.2 Å². The highest BCUT2D eigenvalue weighted by atomic mass is 79.9. The summed E-state index contributed by atoms with van der Waals surface area (Å²) < 4.78 is 22.7. The molecule has 1 aromatic carbocycles. The Balaban J connectivity index is 2.11. The number of benzene rings is 1. The third kappa shape index (κ3) is 4.40. The molecule has 0 aliphatic carbocycles. The standard InChI is InChI=1S/C16H25BrN4O3S/c1-9(2)14-13(17)15(20-19-14)16(22)21(4)10(3)11-5-7-12(8-6-11)25(18,23)24/h5-10,13-15,19-20H,1-4H3,(H2,18,23,24). The summed E-state index contributed by atoms with van der Waals surface area (Å²) >= 11 is 3.62. The van der Waals surface area contributed by atoms with Crippen molar-refractivity contribution in [2.24, 2.45) is 11.1 Å². The van der Waals surface area contributed by atoms with Gasteiger partial charge in [0.05, 0.1) is 15.8 Å². The lowest BCUT2D eigenvalue weighted by Gasteiger charge is -2.29. The van der Waals surface area contributed by atoms with E-state index in [1.807, 2.05) is 6.92 Å². The average molecular weight is 433 g/mol. The summed E-state index contributed by atoms with van der Waals surface area (Å²) in [5, 5.41) is 5.11. The highest BCUT2D eigenvalue weighted by Crippen LogP contribution is 2.26. The van der Waals surface area contributed by atoms with Crippen molar-refractivity contribution in [1.82, 2.24) is 15.8 Å². The number of hydrogen-bond donors (Lipinski definition) is 3. The number of sulfonamides is 1. The molecule has 4 N–H and O–H groups in total. The van der Waals surface area contributed by atoms with Crippen LogP contribution in [0.1, 0.15) is 32.4 Å². The fourth-order valence-corrected chi connectivity index (χ4v) is 4.47. The molecule has 1 fully saturated rings. The van der Waals surface area contributed by atoms with Gasteiger partial charge in [-0.25, -0.2) is 19.0 Å². The summed E-state index contributed by atoms with van der Waals surface area (Å²) in [6.07, 6.45) is 0. The van der Waals surface area contributed by atoms with Crippen molar-refractivity contribution in [2.75, 3.05) is 7.05 Å². The van der Waals surface area contributed by atoms with Crippen LogP contribution in [0.4, 0.5) is 0 Å². The molecule has 9 heteroatoms. The van der Waals surface area contributed by atoms with Crippen molar-refractivity contribution < 1.29 is 13.2 Å². The number of alkyl halides is 1. The van der Waals surface area contributed by atoms with E-state index < -0.39 is 10.0 Å². The fourth-order valence-electron chi connectivity index (χ4n) is 2.85. The van der Waals surface area contributed by atoms with Gasteiger partial charge in [0.15, 0.2) is 0 Å². The number of rotatable bonds is 5. The highest BCUT2D eigenvalue weighted by molar-refractivity contribution is 9.09. The number of likely N-dealkylation sites (N-methyl/N-ethyl adjacent to an activating group) is 1. The minimum absolute atomic E-state index is 0.0144. The zero-order valence-electron chi connectivity index (χ0n) is 14.7. The molecule has 0 aromatic heterocycles. The lowest BCUT2D eigenvalue weighted by molar-refractivity contribution is -0.133. The molecular formula is C16H25BrN4O3S. The number of hydrogen-bond acceptors (Lipinski definition) is 5. The lowest BCUT2D eigenvalue weighted by atomic mass is 9.98. The second-order valence-corrected chi connectivity index (χ2v) is 9.34. The van der Waals surface area contributed by atoms with Crippen LogP contribution in [0, 0.1) is 5.92 Å². The van der Waals surface area contributed by atoms with E-state index in [9.17, 15) is 13.2 Å². The van der Waals surface area contributed by atoms with E-state index in [0.717, 1.165) is 5.56 Å². The smallest absolute Gasteiger partial charge is 0.242 e. The minimum Gasteiger partial charge on any atom is -0.338 e. The maximum absolute atomic E-state index is 12.8. The van der Waals surface area contributed by atoms with E-state index in [0.29, 0.717) is 5.92 Å². The Bertz CT molecular complexity index is 723. The number of carbonyl (C=O) groups is 1. The predicted molar refractivity (Wildman–Crippen MR) is 100 cm³/mol. The summed E-state index contributed by atoms with van der Waals surface area (Å²) in [6.45, 7) is 6.09. The maximum atomic E-state index is 12.8. The van der Waals surface area contributed by atoms with Crippen molar-refractivity contribution in [2.45, 2.75) is 48.6 Å². The fraction of sp³-hybridized carbons (Fsp3) is 0.562. The molecule has 1 saturated heterocycles. The van der Waals surface area contributed by atoms with Crippen molar-refractivity contribution in [3.63, 3.8) is 0 Å². The Labute approximate surface area is 157 Å². The molecule has 4 atom stereocenters. The molecule has 0 spiro atoms. The molecule has 1 aliphatic heterocycles. The van der Waals surface area contributed by atoms with E-state index in [4.69, 9.17) is 5.14 Å². The van der Waals surface area contributed by atoms with Crippen LogP contribution >= 0.6 is 15.9 Å². The average Bonchev–Trinajstić information content (AvgIpc) is 2.93. The van der Waals surface area contributed by atoms with Gasteiger partial charge in [0.2, 0.25) is 15.9 Å². The number of nitrogens with one attached hydrogen (secondary N) is 2. The van der Waals surface area contributed by atoms with Gasteiger partial charge in [0.1, 0.15) is 6.04 Å². The maximum Gasteiger partial charge on any atom is 0.242 e. The number of hydrazine groups is 1. The molecule has 1 heterocycles. The van der Waals surface area contributed by atoms with E-state index >= 15 is 0 Å². The molecule has 4 unspecified atom stereocenters. The molecule has 7 nitrogen and oxygen atoms in total. The second-order valence-electron chi connectivity index (χ2n) is 6.72. The van der Waals surface area contributed by atoms with Crippen molar-refractivity contribution >= 4 is 31.9 Å². The largest absolute Gasteiger partial charge is 0.338 e. The summed E-state index contributed by atoms with van der Waals surface area (Å²) in [5.74, 6) is 0.337. The van der Waals surface area contributed by atoms with E-state index in [1.54, 1.807) is 24.1 Å². The highest BCUT2D eigenvalue weighted by Gasteiger charge is 2.41. The van der Waals surface area contributed by atoms with Gasteiger partial charge >= 0.3 is 0 Å². The first kappa shape index (κ1) is 20.3. The SMILES string of the molecule is CC(C)C1NNC(C(=O)N(C)C(C)c2ccc(S(N)(=O)=O)cc2)C1Br. The Hall–Kier alpha value is -1.00. The normalized spacial score (nSPS) is 25.2. The Morgan fingerprint density at radius 2 is 1.76 bits per heavy atom. The third-order valence-electron chi connectivity index (χ3n) is 4.67. The van der Waals surface area contributed by atoms with Crippen LogP contribution in [0.2, 0.25) is 0 Å². The molecule has 1 amide bonds. The van der Waals surface area contributed by atoms with Crippen molar-refractivity contribution in [3.05, 3.63) is 29.8 Å². The third-order valence-corrected chi connectivity index (χ3v) is 6.70. The molecule has 2 rings (SSSR count). The molecule has 0 radical (unpaired) electrons. The first-order chi connectivity index (χ1) is 11.5. The topological polar surface area (TPSA) is 105 Å². The predicted octanol–water partition coefficient (Wildman–Crippen LogP) is 1.12. The van der Waals surface area contributed by atoms with Gasteiger partial charge in [-0.05, 0) is 30.5 Å². The van der Waals surface area contributed by atoms with Gasteiger partial charge in [-0.1, -0.05) is 41.9 Å². The number of carbonyl (C=O) groups excluding carboxylic acids is 1. The minimum atomic E-state index is -3.72. The first-order valence-electron chi connectivity index (χ1n) is 8.08. The van der Waals surface area contributed by atoms with Gasteiger partial charge in [0, 0.05) is 13.1 Å². The monoisotopic (exact) mass is 432 g/mol. The molecule has 140 valence electrons. The Kier molecular flexibility index (Phi) is 6.26. The summed E-state index contributed by atoms with van der Waals surface area (Å²) in [7, 11) is -1.98. The molecule has 0 bridgehead atoms.